The topological polar surface area (TPSA) is 29.3 Å². The highest BCUT2D eigenvalue weighted by atomic mass is 15.1. The highest BCUT2D eigenvalue weighted by molar-refractivity contribution is 5.20. The Hall–Kier alpha value is -0.860. The molecule has 1 aromatic rings. The molecule has 0 saturated carbocycles. The van der Waals surface area contributed by atoms with Crippen molar-refractivity contribution < 1.29 is 0 Å². The molecule has 1 fully saturated rings. The summed E-state index contributed by atoms with van der Waals surface area (Å²) >= 11 is 0. The molecule has 0 amide bonds. The molecule has 0 aliphatic carbocycles. The fraction of sp³-hybridized carbons (Fsp3) is 0.647. The summed E-state index contributed by atoms with van der Waals surface area (Å²) in [5.74, 6) is 0.479. The summed E-state index contributed by atoms with van der Waals surface area (Å²) in [6.45, 7) is 9.07. The predicted molar refractivity (Wildman–Crippen MR) is 82.3 cm³/mol. The van der Waals surface area contributed by atoms with Crippen LogP contribution in [-0.4, -0.2) is 31.1 Å². The van der Waals surface area contributed by atoms with Crippen molar-refractivity contribution in [3.8, 4) is 0 Å². The second kappa shape index (κ2) is 6.53. The Morgan fingerprint density at radius 2 is 1.84 bits per heavy atom. The van der Waals surface area contributed by atoms with Gasteiger partial charge in [0.25, 0.3) is 0 Å². The molecule has 2 N–H and O–H groups in total. The van der Waals surface area contributed by atoms with Crippen LogP contribution in [0.5, 0.6) is 0 Å². The molecule has 1 aliphatic rings. The van der Waals surface area contributed by atoms with E-state index < -0.39 is 0 Å². The minimum Gasteiger partial charge on any atom is -0.330 e. The highest BCUT2D eigenvalue weighted by Crippen LogP contribution is 2.34. The maximum absolute atomic E-state index is 5.97. The Morgan fingerprint density at radius 1 is 1.21 bits per heavy atom. The molecule has 1 heterocycles. The third-order valence-electron chi connectivity index (χ3n) is 4.95. The van der Waals surface area contributed by atoms with Crippen LogP contribution in [0.25, 0.3) is 0 Å². The molecular weight excluding hydrogens is 232 g/mol. The van der Waals surface area contributed by atoms with Gasteiger partial charge in [0.2, 0.25) is 0 Å². The van der Waals surface area contributed by atoms with E-state index in [9.17, 15) is 0 Å². The Labute approximate surface area is 118 Å². The lowest BCUT2D eigenvalue weighted by Gasteiger charge is -2.40. The minimum absolute atomic E-state index is 0.479. The Bertz CT molecular complexity index is 366. The number of likely N-dealkylation sites (tertiary alicyclic amines) is 1. The van der Waals surface area contributed by atoms with E-state index in [1.54, 1.807) is 0 Å². The van der Waals surface area contributed by atoms with Gasteiger partial charge < -0.3 is 10.6 Å². The summed E-state index contributed by atoms with van der Waals surface area (Å²) in [6, 6.07) is 10.7. The fourth-order valence-corrected chi connectivity index (χ4v) is 2.98. The average molecular weight is 260 g/mol. The van der Waals surface area contributed by atoms with Crippen molar-refractivity contribution in [3.63, 3.8) is 0 Å². The van der Waals surface area contributed by atoms with Crippen LogP contribution in [-0.2, 0) is 0 Å². The van der Waals surface area contributed by atoms with Gasteiger partial charge in [-0.1, -0.05) is 50.6 Å². The third-order valence-corrected chi connectivity index (χ3v) is 4.95. The summed E-state index contributed by atoms with van der Waals surface area (Å²) in [7, 11) is 0. The van der Waals surface area contributed by atoms with Gasteiger partial charge in [0.1, 0.15) is 0 Å². The van der Waals surface area contributed by atoms with E-state index in [0.29, 0.717) is 11.3 Å². The lowest BCUT2D eigenvalue weighted by atomic mass is 9.78. The van der Waals surface area contributed by atoms with Gasteiger partial charge in [-0.2, -0.15) is 0 Å². The smallest absolute Gasteiger partial charge is 0.00888 e. The number of benzene rings is 1. The van der Waals surface area contributed by atoms with Crippen molar-refractivity contribution in [1.82, 2.24) is 4.90 Å². The number of nitrogens with two attached hydrogens (primary N) is 1. The van der Waals surface area contributed by atoms with Gasteiger partial charge in [0.05, 0.1) is 0 Å². The number of nitrogens with zero attached hydrogens (tertiary/aromatic N) is 1. The molecule has 2 heteroatoms. The largest absolute Gasteiger partial charge is 0.330 e. The second-order valence-electron chi connectivity index (χ2n) is 6.31. The Kier molecular flexibility index (Phi) is 5.00. The number of hydrogen-bond donors (Lipinski definition) is 1. The molecule has 1 unspecified atom stereocenters. The molecular formula is C17H28N2. The van der Waals surface area contributed by atoms with Crippen LogP contribution in [0.3, 0.4) is 0 Å². The van der Waals surface area contributed by atoms with E-state index in [2.05, 4.69) is 49.1 Å². The van der Waals surface area contributed by atoms with Crippen LogP contribution in [0.15, 0.2) is 30.3 Å². The van der Waals surface area contributed by atoms with Crippen molar-refractivity contribution in [1.29, 1.82) is 0 Å². The molecule has 106 valence electrons. The maximum atomic E-state index is 5.97. The van der Waals surface area contributed by atoms with Crippen molar-refractivity contribution in [2.45, 2.75) is 39.0 Å². The zero-order chi connectivity index (χ0) is 13.7. The van der Waals surface area contributed by atoms with Gasteiger partial charge in [-0.3, -0.25) is 0 Å². The summed E-state index contributed by atoms with van der Waals surface area (Å²) in [6.07, 6.45) is 3.96. The van der Waals surface area contributed by atoms with Gasteiger partial charge in [-0.25, -0.2) is 0 Å². The Balaban J connectivity index is 1.91. The maximum Gasteiger partial charge on any atom is 0.00888 e. The quantitative estimate of drug-likeness (QED) is 0.880. The molecule has 1 atom stereocenters. The first kappa shape index (κ1) is 14.5. The van der Waals surface area contributed by atoms with E-state index >= 15 is 0 Å². The molecule has 0 spiro atoms. The van der Waals surface area contributed by atoms with Crippen molar-refractivity contribution >= 4 is 0 Å². The lowest BCUT2D eigenvalue weighted by molar-refractivity contribution is 0.110. The van der Waals surface area contributed by atoms with Crippen LogP contribution in [0, 0.1) is 5.41 Å². The molecule has 1 aliphatic heterocycles. The van der Waals surface area contributed by atoms with Crippen LogP contribution in [0.2, 0.25) is 0 Å². The summed E-state index contributed by atoms with van der Waals surface area (Å²) < 4.78 is 0. The number of hydrogen-bond acceptors (Lipinski definition) is 2. The van der Waals surface area contributed by atoms with E-state index in [1.807, 2.05) is 0 Å². The molecule has 2 nitrogen and oxygen atoms in total. The average Bonchev–Trinajstić information content (AvgIpc) is 2.48. The zero-order valence-corrected chi connectivity index (χ0v) is 12.4. The lowest BCUT2D eigenvalue weighted by Crippen LogP contribution is -2.41. The van der Waals surface area contributed by atoms with E-state index in [4.69, 9.17) is 5.73 Å². The SMILES string of the molecule is CCC1(C)CCN(CC(CN)c2ccccc2)CC1. The first-order valence-corrected chi connectivity index (χ1v) is 7.64. The van der Waals surface area contributed by atoms with E-state index in [0.717, 1.165) is 13.1 Å². The molecule has 1 saturated heterocycles. The van der Waals surface area contributed by atoms with Crippen molar-refractivity contribution in [3.05, 3.63) is 35.9 Å². The summed E-state index contributed by atoms with van der Waals surface area (Å²) in [4.78, 5) is 2.60. The third kappa shape index (κ3) is 3.80. The van der Waals surface area contributed by atoms with E-state index in [1.165, 1.54) is 37.9 Å². The van der Waals surface area contributed by atoms with Crippen LogP contribution in [0.1, 0.15) is 44.6 Å². The number of rotatable bonds is 5. The normalized spacial score (nSPS) is 21.2. The summed E-state index contributed by atoms with van der Waals surface area (Å²) in [5, 5.41) is 0. The van der Waals surface area contributed by atoms with Crippen molar-refractivity contribution in [2.75, 3.05) is 26.2 Å². The first-order chi connectivity index (χ1) is 9.17. The Morgan fingerprint density at radius 3 is 2.37 bits per heavy atom. The molecule has 2 rings (SSSR count). The predicted octanol–water partition coefficient (Wildman–Crippen LogP) is 3.24. The van der Waals surface area contributed by atoms with Gasteiger partial charge >= 0.3 is 0 Å². The summed E-state index contributed by atoms with van der Waals surface area (Å²) in [5.41, 5.74) is 7.93. The highest BCUT2D eigenvalue weighted by Gasteiger charge is 2.29. The van der Waals surface area contributed by atoms with Crippen molar-refractivity contribution in [2.24, 2.45) is 11.1 Å². The zero-order valence-electron chi connectivity index (χ0n) is 12.4. The van der Waals surface area contributed by atoms with Crippen LogP contribution in [0.4, 0.5) is 0 Å². The van der Waals surface area contributed by atoms with Crippen LogP contribution >= 0.6 is 0 Å². The molecule has 0 radical (unpaired) electrons. The van der Waals surface area contributed by atoms with E-state index in [-0.39, 0.29) is 0 Å². The molecule has 1 aromatic carbocycles. The fourth-order valence-electron chi connectivity index (χ4n) is 2.98. The first-order valence-electron chi connectivity index (χ1n) is 7.64. The molecule has 19 heavy (non-hydrogen) atoms. The van der Waals surface area contributed by atoms with Gasteiger partial charge in [-0.15, -0.1) is 0 Å². The van der Waals surface area contributed by atoms with Gasteiger partial charge in [0, 0.05) is 19.0 Å². The van der Waals surface area contributed by atoms with Gasteiger partial charge in [-0.05, 0) is 36.9 Å². The number of piperidine rings is 1. The second-order valence-corrected chi connectivity index (χ2v) is 6.31. The van der Waals surface area contributed by atoms with Crippen LogP contribution < -0.4 is 5.73 Å². The minimum atomic E-state index is 0.479. The molecule has 0 bridgehead atoms. The monoisotopic (exact) mass is 260 g/mol. The standard InChI is InChI=1S/C17H28N2/c1-3-17(2)9-11-19(12-10-17)14-16(13-18)15-7-5-4-6-8-15/h4-8,16H,3,9-14,18H2,1-2H3. The van der Waals surface area contributed by atoms with Gasteiger partial charge in [0.15, 0.2) is 0 Å². The molecule has 0 aromatic heterocycles.